The SMILES string of the molecule is COc1ccc(/C=C/NC(=O)Nc2ccccc2C(C)(C)C)cc1. The van der Waals surface area contributed by atoms with Crippen LogP contribution in [-0.2, 0) is 5.41 Å². The van der Waals surface area contributed by atoms with E-state index in [1.165, 1.54) is 0 Å². The summed E-state index contributed by atoms with van der Waals surface area (Å²) in [7, 11) is 1.63. The summed E-state index contributed by atoms with van der Waals surface area (Å²) in [5.74, 6) is 0.802. The summed E-state index contributed by atoms with van der Waals surface area (Å²) in [6, 6.07) is 15.2. The molecule has 2 aromatic rings. The molecule has 2 rings (SSSR count). The van der Waals surface area contributed by atoms with Gasteiger partial charge in [-0.3, -0.25) is 0 Å². The molecule has 0 saturated heterocycles. The predicted molar refractivity (Wildman–Crippen MR) is 99.3 cm³/mol. The van der Waals surface area contributed by atoms with Crippen LogP contribution < -0.4 is 15.4 Å². The normalized spacial score (nSPS) is 11.3. The molecule has 2 aromatic carbocycles. The molecule has 2 amide bonds. The molecule has 0 atom stereocenters. The Labute approximate surface area is 143 Å². The number of para-hydroxylation sites is 1. The van der Waals surface area contributed by atoms with Gasteiger partial charge in [0, 0.05) is 11.9 Å². The fourth-order valence-corrected chi connectivity index (χ4v) is 2.33. The first kappa shape index (κ1) is 17.6. The molecule has 0 aliphatic heterocycles. The zero-order valence-corrected chi connectivity index (χ0v) is 14.6. The Bertz CT molecular complexity index is 713. The van der Waals surface area contributed by atoms with Crippen LogP contribution in [0.5, 0.6) is 5.75 Å². The van der Waals surface area contributed by atoms with Gasteiger partial charge in [-0.2, -0.15) is 0 Å². The van der Waals surface area contributed by atoms with Crippen molar-refractivity contribution < 1.29 is 9.53 Å². The quantitative estimate of drug-likeness (QED) is 0.850. The van der Waals surface area contributed by atoms with Crippen molar-refractivity contribution >= 4 is 17.8 Å². The highest BCUT2D eigenvalue weighted by atomic mass is 16.5. The maximum atomic E-state index is 12.1. The minimum absolute atomic E-state index is 0.0389. The second kappa shape index (κ2) is 7.68. The van der Waals surface area contributed by atoms with Crippen LogP contribution in [0.2, 0.25) is 0 Å². The molecule has 0 radical (unpaired) electrons. The molecule has 2 N–H and O–H groups in total. The Morgan fingerprint density at radius 3 is 2.33 bits per heavy atom. The molecule has 0 aromatic heterocycles. The van der Waals surface area contributed by atoms with Gasteiger partial charge >= 0.3 is 6.03 Å². The van der Waals surface area contributed by atoms with Gasteiger partial charge in [-0.05, 0) is 40.8 Å². The van der Waals surface area contributed by atoms with Crippen molar-refractivity contribution in [3.63, 3.8) is 0 Å². The number of carbonyl (C=O) groups excluding carboxylic acids is 1. The number of rotatable bonds is 4. The molecule has 0 fully saturated rings. The lowest BCUT2D eigenvalue weighted by molar-refractivity contribution is 0.255. The Hall–Kier alpha value is -2.75. The van der Waals surface area contributed by atoms with Crippen molar-refractivity contribution in [3.05, 3.63) is 65.9 Å². The minimum Gasteiger partial charge on any atom is -0.497 e. The summed E-state index contributed by atoms with van der Waals surface area (Å²) in [6.45, 7) is 6.36. The van der Waals surface area contributed by atoms with E-state index in [1.807, 2.05) is 54.6 Å². The van der Waals surface area contributed by atoms with Gasteiger partial charge in [-0.1, -0.05) is 51.1 Å². The number of benzene rings is 2. The number of nitrogens with one attached hydrogen (secondary N) is 2. The van der Waals surface area contributed by atoms with Crippen LogP contribution in [0.4, 0.5) is 10.5 Å². The van der Waals surface area contributed by atoms with E-state index in [2.05, 4.69) is 31.4 Å². The molecule has 0 unspecified atom stereocenters. The van der Waals surface area contributed by atoms with E-state index in [0.717, 1.165) is 22.6 Å². The van der Waals surface area contributed by atoms with Crippen molar-refractivity contribution in [2.24, 2.45) is 0 Å². The summed E-state index contributed by atoms with van der Waals surface area (Å²) < 4.78 is 5.11. The number of hydrogen-bond acceptors (Lipinski definition) is 2. The maximum Gasteiger partial charge on any atom is 0.323 e. The van der Waals surface area contributed by atoms with Gasteiger partial charge in [-0.15, -0.1) is 0 Å². The van der Waals surface area contributed by atoms with Crippen molar-refractivity contribution in [2.45, 2.75) is 26.2 Å². The van der Waals surface area contributed by atoms with Gasteiger partial charge in [0.1, 0.15) is 5.75 Å². The number of ether oxygens (including phenoxy) is 1. The van der Waals surface area contributed by atoms with E-state index in [-0.39, 0.29) is 11.4 Å². The first-order valence-electron chi connectivity index (χ1n) is 7.88. The van der Waals surface area contributed by atoms with Gasteiger partial charge in [0.25, 0.3) is 0 Å². The molecule has 0 aliphatic rings. The van der Waals surface area contributed by atoms with Gasteiger partial charge in [0.15, 0.2) is 0 Å². The summed E-state index contributed by atoms with van der Waals surface area (Å²) in [5, 5.41) is 5.63. The Kier molecular flexibility index (Phi) is 5.64. The minimum atomic E-state index is -0.267. The maximum absolute atomic E-state index is 12.1. The Morgan fingerprint density at radius 2 is 1.71 bits per heavy atom. The zero-order chi connectivity index (χ0) is 17.6. The van der Waals surface area contributed by atoms with Crippen LogP contribution in [0.15, 0.2) is 54.7 Å². The van der Waals surface area contributed by atoms with Crippen LogP contribution in [0, 0.1) is 0 Å². The molecule has 0 spiro atoms. The smallest absolute Gasteiger partial charge is 0.323 e. The lowest BCUT2D eigenvalue weighted by atomic mass is 9.86. The van der Waals surface area contributed by atoms with Crippen LogP contribution >= 0.6 is 0 Å². The highest BCUT2D eigenvalue weighted by Gasteiger charge is 2.18. The standard InChI is InChI=1S/C20H24N2O2/c1-20(2,3)17-7-5-6-8-18(17)22-19(23)21-14-13-15-9-11-16(24-4)12-10-15/h5-14H,1-4H3,(H2,21,22,23)/b14-13+. The van der Waals surface area contributed by atoms with E-state index in [0.29, 0.717) is 0 Å². The summed E-state index contributed by atoms with van der Waals surface area (Å²) in [6.07, 6.45) is 3.45. The molecule has 126 valence electrons. The van der Waals surface area contributed by atoms with Gasteiger partial charge in [0.2, 0.25) is 0 Å². The summed E-state index contributed by atoms with van der Waals surface area (Å²) in [5.41, 5.74) is 2.86. The third-order valence-corrected chi connectivity index (χ3v) is 3.59. The van der Waals surface area contributed by atoms with Crippen molar-refractivity contribution in [3.8, 4) is 5.75 Å². The van der Waals surface area contributed by atoms with Gasteiger partial charge in [-0.25, -0.2) is 4.79 Å². The van der Waals surface area contributed by atoms with E-state index in [1.54, 1.807) is 13.3 Å². The number of anilines is 1. The number of methoxy groups -OCH3 is 1. The summed E-state index contributed by atoms with van der Waals surface area (Å²) >= 11 is 0. The van der Waals surface area contributed by atoms with E-state index >= 15 is 0 Å². The second-order valence-corrected chi connectivity index (χ2v) is 6.50. The molecule has 24 heavy (non-hydrogen) atoms. The zero-order valence-electron chi connectivity index (χ0n) is 14.6. The van der Waals surface area contributed by atoms with E-state index in [4.69, 9.17) is 4.74 Å². The Morgan fingerprint density at radius 1 is 1.04 bits per heavy atom. The average Bonchev–Trinajstić information content (AvgIpc) is 2.55. The van der Waals surface area contributed by atoms with Gasteiger partial charge in [0.05, 0.1) is 7.11 Å². The average molecular weight is 324 g/mol. The third kappa shape index (κ3) is 4.88. The van der Waals surface area contributed by atoms with E-state index < -0.39 is 0 Å². The number of amides is 2. The molecule has 4 nitrogen and oxygen atoms in total. The lowest BCUT2D eigenvalue weighted by Crippen LogP contribution is -2.26. The van der Waals surface area contributed by atoms with Gasteiger partial charge < -0.3 is 15.4 Å². The Balaban J connectivity index is 1.97. The second-order valence-electron chi connectivity index (χ2n) is 6.50. The molecular weight excluding hydrogens is 300 g/mol. The molecule has 0 aliphatic carbocycles. The largest absolute Gasteiger partial charge is 0.497 e. The van der Waals surface area contributed by atoms with Crippen LogP contribution in [0.25, 0.3) is 6.08 Å². The first-order chi connectivity index (χ1) is 11.4. The van der Waals surface area contributed by atoms with Crippen LogP contribution in [-0.4, -0.2) is 13.1 Å². The van der Waals surface area contributed by atoms with E-state index in [9.17, 15) is 4.79 Å². The number of urea groups is 1. The fraction of sp³-hybridized carbons (Fsp3) is 0.250. The highest BCUT2D eigenvalue weighted by molar-refractivity contribution is 5.91. The number of hydrogen-bond donors (Lipinski definition) is 2. The van der Waals surface area contributed by atoms with Crippen molar-refractivity contribution in [1.82, 2.24) is 5.32 Å². The topological polar surface area (TPSA) is 50.4 Å². The monoisotopic (exact) mass is 324 g/mol. The van der Waals surface area contributed by atoms with Crippen molar-refractivity contribution in [1.29, 1.82) is 0 Å². The molecule has 0 saturated carbocycles. The molecule has 4 heteroatoms. The highest BCUT2D eigenvalue weighted by Crippen LogP contribution is 2.29. The molecular formula is C20H24N2O2. The van der Waals surface area contributed by atoms with Crippen LogP contribution in [0.3, 0.4) is 0 Å². The predicted octanol–water partition coefficient (Wildman–Crippen LogP) is 4.79. The lowest BCUT2D eigenvalue weighted by Gasteiger charge is -2.22. The van der Waals surface area contributed by atoms with Crippen molar-refractivity contribution in [2.75, 3.05) is 12.4 Å². The molecule has 0 bridgehead atoms. The first-order valence-corrected chi connectivity index (χ1v) is 7.88. The fourth-order valence-electron chi connectivity index (χ4n) is 2.33. The summed E-state index contributed by atoms with van der Waals surface area (Å²) in [4.78, 5) is 12.1. The number of carbonyl (C=O) groups is 1. The molecule has 0 heterocycles. The third-order valence-electron chi connectivity index (χ3n) is 3.59. The van der Waals surface area contributed by atoms with Crippen LogP contribution in [0.1, 0.15) is 31.9 Å².